The average molecular weight is 260 g/mol. The van der Waals surface area contributed by atoms with E-state index in [1.54, 1.807) is 6.26 Å². The molecule has 0 aliphatic carbocycles. The summed E-state index contributed by atoms with van der Waals surface area (Å²) in [7, 11) is 0. The SMILES string of the molecule is Cc1cc(C2CCCCCN2Cc2ccco2)no1. The van der Waals surface area contributed by atoms with E-state index in [0.717, 1.165) is 36.7 Å². The molecule has 0 aromatic carbocycles. The molecule has 0 N–H and O–H groups in total. The number of aromatic nitrogens is 1. The van der Waals surface area contributed by atoms with Crippen LogP contribution in [0.3, 0.4) is 0 Å². The van der Waals surface area contributed by atoms with E-state index < -0.39 is 0 Å². The van der Waals surface area contributed by atoms with Gasteiger partial charge in [-0.2, -0.15) is 0 Å². The van der Waals surface area contributed by atoms with Crippen LogP contribution < -0.4 is 0 Å². The molecule has 4 nitrogen and oxygen atoms in total. The lowest BCUT2D eigenvalue weighted by molar-refractivity contribution is 0.170. The third-order valence-electron chi connectivity index (χ3n) is 3.79. The Bertz CT molecular complexity index is 504. The Morgan fingerprint density at radius 2 is 2.32 bits per heavy atom. The maximum atomic E-state index is 5.48. The molecule has 1 aliphatic rings. The molecular weight excluding hydrogens is 240 g/mol. The second kappa shape index (κ2) is 5.61. The molecule has 0 radical (unpaired) electrons. The van der Waals surface area contributed by atoms with Gasteiger partial charge >= 0.3 is 0 Å². The fraction of sp³-hybridized carbons (Fsp3) is 0.533. The highest BCUT2D eigenvalue weighted by Crippen LogP contribution is 2.31. The number of hydrogen-bond donors (Lipinski definition) is 0. The van der Waals surface area contributed by atoms with Crippen molar-refractivity contribution in [1.29, 1.82) is 0 Å². The third-order valence-corrected chi connectivity index (χ3v) is 3.79. The van der Waals surface area contributed by atoms with Crippen LogP contribution in [0.2, 0.25) is 0 Å². The molecule has 3 rings (SSSR count). The van der Waals surface area contributed by atoms with Crippen LogP contribution in [0.15, 0.2) is 33.4 Å². The molecule has 102 valence electrons. The van der Waals surface area contributed by atoms with Gasteiger partial charge in [-0.25, -0.2) is 0 Å². The molecule has 1 fully saturated rings. The number of nitrogens with zero attached hydrogens (tertiary/aromatic N) is 2. The van der Waals surface area contributed by atoms with Crippen LogP contribution in [-0.2, 0) is 6.54 Å². The van der Waals surface area contributed by atoms with E-state index in [2.05, 4.69) is 16.1 Å². The summed E-state index contributed by atoms with van der Waals surface area (Å²) in [6, 6.07) is 6.40. The summed E-state index contributed by atoms with van der Waals surface area (Å²) in [4.78, 5) is 2.46. The van der Waals surface area contributed by atoms with Crippen LogP contribution in [0.5, 0.6) is 0 Å². The minimum Gasteiger partial charge on any atom is -0.468 e. The van der Waals surface area contributed by atoms with E-state index in [9.17, 15) is 0 Å². The molecule has 1 saturated heterocycles. The summed E-state index contributed by atoms with van der Waals surface area (Å²) >= 11 is 0. The van der Waals surface area contributed by atoms with Gasteiger partial charge in [0.15, 0.2) is 0 Å². The van der Waals surface area contributed by atoms with Gasteiger partial charge in [0.25, 0.3) is 0 Å². The van der Waals surface area contributed by atoms with Crippen molar-refractivity contribution in [2.24, 2.45) is 0 Å². The van der Waals surface area contributed by atoms with Gasteiger partial charge in [-0.15, -0.1) is 0 Å². The molecule has 1 unspecified atom stereocenters. The summed E-state index contributed by atoms with van der Waals surface area (Å²) in [5, 5.41) is 4.21. The van der Waals surface area contributed by atoms with Crippen LogP contribution in [0.1, 0.15) is 48.9 Å². The molecule has 0 amide bonds. The molecule has 2 aromatic heterocycles. The highest BCUT2D eigenvalue weighted by molar-refractivity contribution is 5.10. The Hall–Kier alpha value is -1.55. The van der Waals surface area contributed by atoms with Gasteiger partial charge in [0.2, 0.25) is 0 Å². The Morgan fingerprint density at radius 1 is 1.37 bits per heavy atom. The van der Waals surface area contributed by atoms with E-state index in [0.29, 0.717) is 6.04 Å². The van der Waals surface area contributed by atoms with E-state index >= 15 is 0 Å². The van der Waals surface area contributed by atoms with E-state index in [1.807, 2.05) is 19.1 Å². The zero-order valence-corrected chi connectivity index (χ0v) is 11.3. The number of rotatable bonds is 3. The van der Waals surface area contributed by atoms with Gasteiger partial charge in [-0.05, 0) is 38.4 Å². The Kier molecular flexibility index (Phi) is 3.69. The van der Waals surface area contributed by atoms with Crippen LogP contribution in [0, 0.1) is 6.92 Å². The van der Waals surface area contributed by atoms with Crippen molar-refractivity contribution >= 4 is 0 Å². The highest BCUT2D eigenvalue weighted by Gasteiger charge is 2.25. The van der Waals surface area contributed by atoms with Gasteiger partial charge in [0.1, 0.15) is 17.2 Å². The second-order valence-corrected chi connectivity index (χ2v) is 5.28. The fourth-order valence-electron chi connectivity index (χ4n) is 2.84. The number of likely N-dealkylation sites (tertiary alicyclic amines) is 1. The number of aryl methyl sites for hydroxylation is 1. The largest absolute Gasteiger partial charge is 0.468 e. The van der Waals surface area contributed by atoms with Crippen molar-refractivity contribution in [3.05, 3.63) is 41.7 Å². The van der Waals surface area contributed by atoms with Crippen molar-refractivity contribution in [3.63, 3.8) is 0 Å². The number of furan rings is 1. The molecule has 0 spiro atoms. The van der Waals surface area contributed by atoms with E-state index in [4.69, 9.17) is 8.94 Å². The summed E-state index contributed by atoms with van der Waals surface area (Å²) in [6.07, 6.45) is 6.68. The first-order chi connectivity index (χ1) is 9.33. The Balaban J connectivity index is 1.80. The topological polar surface area (TPSA) is 42.4 Å². The summed E-state index contributed by atoms with van der Waals surface area (Å²) in [5.41, 5.74) is 1.06. The van der Waals surface area contributed by atoms with Gasteiger partial charge in [-0.1, -0.05) is 18.0 Å². The first kappa shape index (κ1) is 12.5. The monoisotopic (exact) mass is 260 g/mol. The van der Waals surface area contributed by atoms with Crippen molar-refractivity contribution in [3.8, 4) is 0 Å². The zero-order chi connectivity index (χ0) is 13.1. The average Bonchev–Trinajstić information content (AvgIpc) is 2.99. The van der Waals surface area contributed by atoms with Crippen molar-refractivity contribution in [2.75, 3.05) is 6.54 Å². The minimum absolute atomic E-state index is 0.352. The molecule has 1 atom stereocenters. The predicted molar refractivity (Wildman–Crippen MR) is 71.6 cm³/mol. The molecular formula is C15H20N2O2. The van der Waals surface area contributed by atoms with Crippen LogP contribution in [0.25, 0.3) is 0 Å². The zero-order valence-electron chi connectivity index (χ0n) is 11.3. The van der Waals surface area contributed by atoms with Crippen LogP contribution in [-0.4, -0.2) is 16.6 Å². The van der Waals surface area contributed by atoms with Crippen molar-refractivity contribution < 1.29 is 8.94 Å². The van der Waals surface area contributed by atoms with Crippen LogP contribution >= 0.6 is 0 Å². The molecule has 4 heteroatoms. The van der Waals surface area contributed by atoms with Gasteiger partial charge in [-0.3, -0.25) is 4.90 Å². The van der Waals surface area contributed by atoms with Crippen molar-refractivity contribution in [1.82, 2.24) is 10.1 Å². The predicted octanol–water partition coefficient (Wildman–Crippen LogP) is 3.69. The highest BCUT2D eigenvalue weighted by atomic mass is 16.5. The Morgan fingerprint density at radius 3 is 3.05 bits per heavy atom. The molecule has 2 aromatic rings. The summed E-state index contributed by atoms with van der Waals surface area (Å²) in [5.74, 6) is 1.91. The lowest BCUT2D eigenvalue weighted by Gasteiger charge is -2.27. The fourth-order valence-corrected chi connectivity index (χ4v) is 2.84. The van der Waals surface area contributed by atoms with Crippen LogP contribution in [0.4, 0.5) is 0 Å². The number of hydrogen-bond acceptors (Lipinski definition) is 4. The normalized spacial score (nSPS) is 21.4. The molecule has 0 bridgehead atoms. The molecule has 3 heterocycles. The maximum Gasteiger partial charge on any atom is 0.133 e. The lowest BCUT2D eigenvalue weighted by atomic mass is 10.1. The lowest BCUT2D eigenvalue weighted by Crippen LogP contribution is -2.28. The first-order valence-electron chi connectivity index (χ1n) is 7.02. The van der Waals surface area contributed by atoms with Gasteiger partial charge < -0.3 is 8.94 Å². The maximum absolute atomic E-state index is 5.48. The van der Waals surface area contributed by atoms with Gasteiger partial charge in [0, 0.05) is 6.07 Å². The molecule has 19 heavy (non-hydrogen) atoms. The third kappa shape index (κ3) is 2.89. The quantitative estimate of drug-likeness (QED) is 0.844. The summed E-state index contributed by atoms with van der Waals surface area (Å²) < 4.78 is 10.7. The molecule has 0 saturated carbocycles. The van der Waals surface area contributed by atoms with E-state index in [-0.39, 0.29) is 0 Å². The second-order valence-electron chi connectivity index (χ2n) is 5.28. The molecule has 1 aliphatic heterocycles. The van der Waals surface area contributed by atoms with Crippen molar-refractivity contribution in [2.45, 2.75) is 45.2 Å². The van der Waals surface area contributed by atoms with E-state index in [1.165, 1.54) is 19.3 Å². The first-order valence-corrected chi connectivity index (χ1v) is 7.02. The summed E-state index contributed by atoms with van der Waals surface area (Å²) in [6.45, 7) is 3.89. The minimum atomic E-state index is 0.352. The Labute approximate surface area is 113 Å². The smallest absolute Gasteiger partial charge is 0.133 e. The van der Waals surface area contributed by atoms with Gasteiger partial charge in [0.05, 0.1) is 18.8 Å². The standard InChI is InChI=1S/C15H20N2O2/c1-12-10-14(16-19-12)15-7-3-2-4-8-17(15)11-13-6-5-9-18-13/h5-6,9-10,15H,2-4,7-8,11H2,1H3.